The number of carbonyl (C=O) groups excluding carboxylic acids is 1. The molecule has 0 aromatic heterocycles. The molecule has 2 heteroatoms. The minimum atomic E-state index is -0.0490. The zero-order valence-electron chi connectivity index (χ0n) is 11.8. The van der Waals surface area contributed by atoms with Crippen LogP contribution in [0.3, 0.4) is 0 Å². The van der Waals surface area contributed by atoms with Crippen LogP contribution in [0.5, 0.6) is 0 Å². The van der Waals surface area contributed by atoms with Crippen molar-refractivity contribution in [2.75, 3.05) is 19.6 Å². The third-order valence-corrected chi connectivity index (χ3v) is 4.62. The SMILES string of the molecule is Cc1ccc(C(=O)C2(CN3CCCCC3)CC2)cc1. The summed E-state index contributed by atoms with van der Waals surface area (Å²) in [6.07, 6.45) is 6.12. The van der Waals surface area contributed by atoms with Crippen molar-refractivity contribution in [3.8, 4) is 0 Å². The van der Waals surface area contributed by atoms with Gasteiger partial charge in [-0.05, 0) is 45.7 Å². The number of hydrogen-bond acceptors (Lipinski definition) is 2. The highest BCUT2D eigenvalue weighted by Crippen LogP contribution is 2.49. The number of piperidine rings is 1. The maximum atomic E-state index is 12.7. The Balaban J connectivity index is 1.69. The normalized spacial score (nSPS) is 22.2. The highest BCUT2D eigenvalue weighted by Gasteiger charge is 2.50. The molecular weight excluding hydrogens is 234 g/mol. The van der Waals surface area contributed by atoms with Crippen LogP contribution in [-0.2, 0) is 0 Å². The van der Waals surface area contributed by atoms with Gasteiger partial charge in [0.1, 0.15) is 0 Å². The first kappa shape index (κ1) is 12.9. The van der Waals surface area contributed by atoms with Gasteiger partial charge in [0.15, 0.2) is 5.78 Å². The second-order valence-corrected chi connectivity index (χ2v) is 6.31. The molecule has 3 rings (SSSR count). The summed E-state index contributed by atoms with van der Waals surface area (Å²) in [5, 5.41) is 0. The van der Waals surface area contributed by atoms with Crippen molar-refractivity contribution in [3.63, 3.8) is 0 Å². The molecule has 0 N–H and O–H groups in total. The molecule has 0 unspecified atom stereocenters. The average molecular weight is 257 g/mol. The van der Waals surface area contributed by atoms with E-state index in [2.05, 4.69) is 11.8 Å². The second-order valence-electron chi connectivity index (χ2n) is 6.31. The third kappa shape index (κ3) is 2.74. The van der Waals surface area contributed by atoms with Crippen molar-refractivity contribution >= 4 is 5.78 Å². The molecule has 0 bridgehead atoms. The van der Waals surface area contributed by atoms with Gasteiger partial charge < -0.3 is 4.90 Å². The van der Waals surface area contributed by atoms with Gasteiger partial charge >= 0.3 is 0 Å². The molecule has 1 saturated carbocycles. The van der Waals surface area contributed by atoms with Gasteiger partial charge in [0.2, 0.25) is 0 Å². The number of aryl methyl sites for hydroxylation is 1. The van der Waals surface area contributed by atoms with Gasteiger partial charge in [-0.1, -0.05) is 36.2 Å². The van der Waals surface area contributed by atoms with E-state index in [1.807, 2.05) is 24.3 Å². The molecular formula is C17H23NO. The summed E-state index contributed by atoms with van der Waals surface area (Å²) in [6.45, 7) is 5.42. The van der Waals surface area contributed by atoms with Gasteiger partial charge in [-0.3, -0.25) is 4.79 Å². The number of rotatable bonds is 4. The van der Waals surface area contributed by atoms with E-state index in [9.17, 15) is 4.79 Å². The van der Waals surface area contributed by atoms with Crippen molar-refractivity contribution in [3.05, 3.63) is 35.4 Å². The summed E-state index contributed by atoms with van der Waals surface area (Å²) in [6, 6.07) is 8.08. The minimum absolute atomic E-state index is 0.0490. The largest absolute Gasteiger partial charge is 0.302 e. The van der Waals surface area contributed by atoms with Crippen molar-refractivity contribution < 1.29 is 4.79 Å². The van der Waals surface area contributed by atoms with E-state index in [1.165, 1.54) is 37.9 Å². The van der Waals surface area contributed by atoms with Crippen LogP contribution >= 0.6 is 0 Å². The summed E-state index contributed by atoms with van der Waals surface area (Å²) in [4.78, 5) is 15.2. The van der Waals surface area contributed by atoms with E-state index in [1.54, 1.807) is 0 Å². The van der Waals surface area contributed by atoms with Gasteiger partial charge in [0, 0.05) is 17.5 Å². The molecule has 2 aliphatic rings. The summed E-state index contributed by atoms with van der Waals surface area (Å²) in [5.41, 5.74) is 2.07. The Morgan fingerprint density at radius 3 is 2.32 bits per heavy atom. The van der Waals surface area contributed by atoms with Crippen LogP contribution in [-0.4, -0.2) is 30.3 Å². The van der Waals surface area contributed by atoms with E-state index in [-0.39, 0.29) is 5.41 Å². The van der Waals surface area contributed by atoms with Crippen LogP contribution < -0.4 is 0 Å². The Labute approximate surface area is 115 Å². The predicted molar refractivity (Wildman–Crippen MR) is 77.5 cm³/mol. The van der Waals surface area contributed by atoms with Crippen molar-refractivity contribution in [1.29, 1.82) is 0 Å². The summed E-state index contributed by atoms with van der Waals surface area (Å²) < 4.78 is 0. The fourth-order valence-corrected chi connectivity index (χ4v) is 3.16. The minimum Gasteiger partial charge on any atom is -0.302 e. The predicted octanol–water partition coefficient (Wildman–Crippen LogP) is 3.44. The van der Waals surface area contributed by atoms with Gasteiger partial charge in [-0.2, -0.15) is 0 Å². The molecule has 1 aromatic rings. The average Bonchev–Trinajstić information content (AvgIpc) is 3.21. The third-order valence-electron chi connectivity index (χ3n) is 4.62. The summed E-state index contributed by atoms with van der Waals surface area (Å²) in [5.74, 6) is 0.373. The van der Waals surface area contributed by atoms with Crippen LogP contribution in [0.1, 0.15) is 48.0 Å². The molecule has 1 aromatic carbocycles. The monoisotopic (exact) mass is 257 g/mol. The smallest absolute Gasteiger partial charge is 0.170 e. The molecule has 1 saturated heterocycles. The highest BCUT2D eigenvalue weighted by atomic mass is 16.1. The lowest BCUT2D eigenvalue weighted by Gasteiger charge is -2.30. The molecule has 0 amide bonds. The molecule has 102 valence electrons. The first-order valence-corrected chi connectivity index (χ1v) is 7.53. The number of nitrogens with zero attached hydrogens (tertiary/aromatic N) is 1. The maximum Gasteiger partial charge on any atom is 0.170 e. The Morgan fingerprint density at radius 2 is 1.74 bits per heavy atom. The molecule has 1 aliphatic heterocycles. The molecule has 1 heterocycles. The van der Waals surface area contributed by atoms with Crippen LogP contribution in [0.15, 0.2) is 24.3 Å². The first-order valence-electron chi connectivity index (χ1n) is 7.53. The number of ketones is 1. The lowest BCUT2D eigenvalue weighted by molar-refractivity contribution is 0.0839. The number of benzene rings is 1. The molecule has 2 nitrogen and oxygen atoms in total. The maximum absolute atomic E-state index is 12.7. The van der Waals surface area contributed by atoms with Crippen molar-refractivity contribution in [2.45, 2.75) is 39.0 Å². The van der Waals surface area contributed by atoms with E-state index in [0.717, 1.165) is 24.9 Å². The second kappa shape index (κ2) is 5.09. The molecule has 2 fully saturated rings. The topological polar surface area (TPSA) is 20.3 Å². The quantitative estimate of drug-likeness (QED) is 0.770. The standard InChI is InChI=1S/C17H23NO/c1-14-5-7-15(8-6-14)16(19)17(9-10-17)13-18-11-3-2-4-12-18/h5-8H,2-4,9-13H2,1H3. The van der Waals surface area contributed by atoms with Gasteiger partial charge in [0.05, 0.1) is 0 Å². The number of likely N-dealkylation sites (tertiary alicyclic amines) is 1. The van der Waals surface area contributed by atoms with E-state index >= 15 is 0 Å². The molecule has 0 atom stereocenters. The molecule has 19 heavy (non-hydrogen) atoms. The van der Waals surface area contributed by atoms with E-state index in [0.29, 0.717) is 5.78 Å². The van der Waals surface area contributed by atoms with Gasteiger partial charge in [-0.25, -0.2) is 0 Å². The Kier molecular flexibility index (Phi) is 3.44. The van der Waals surface area contributed by atoms with Crippen molar-refractivity contribution in [2.24, 2.45) is 5.41 Å². The molecule has 0 spiro atoms. The zero-order valence-corrected chi connectivity index (χ0v) is 11.8. The zero-order chi connectivity index (χ0) is 13.3. The first-order chi connectivity index (χ1) is 9.20. The summed E-state index contributed by atoms with van der Waals surface area (Å²) in [7, 11) is 0. The fourth-order valence-electron chi connectivity index (χ4n) is 3.16. The van der Waals surface area contributed by atoms with Crippen LogP contribution in [0.25, 0.3) is 0 Å². The van der Waals surface area contributed by atoms with Crippen LogP contribution in [0.2, 0.25) is 0 Å². The fraction of sp³-hybridized carbons (Fsp3) is 0.588. The number of carbonyl (C=O) groups is 1. The molecule has 1 aliphatic carbocycles. The lowest BCUT2D eigenvalue weighted by atomic mass is 9.93. The van der Waals surface area contributed by atoms with Crippen molar-refractivity contribution in [1.82, 2.24) is 4.90 Å². The van der Waals surface area contributed by atoms with Gasteiger partial charge in [-0.15, -0.1) is 0 Å². The van der Waals surface area contributed by atoms with E-state index < -0.39 is 0 Å². The van der Waals surface area contributed by atoms with Gasteiger partial charge in [0.25, 0.3) is 0 Å². The Bertz CT molecular complexity index is 453. The van der Waals surface area contributed by atoms with Crippen LogP contribution in [0.4, 0.5) is 0 Å². The highest BCUT2D eigenvalue weighted by molar-refractivity contribution is 6.02. The number of Topliss-reactive ketones (excluding diaryl/α,β-unsaturated/α-hetero) is 1. The Morgan fingerprint density at radius 1 is 1.11 bits per heavy atom. The Hall–Kier alpha value is -1.15. The summed E-state index contributed by atoms with van der Waals surface area (Å²) >= 11 is 0. The number of hydrogen-bond donors (Lipinski definition) is 0. The van der Waals surface area contributed by atoms with Crippen LogP contribution in [0, 0.1) is 12.3 Å². The molecule has 0 radical (unpaired) electrons. The van der Waals surface area contributed by atoms with E-state index in [4.69, 9.17) is 0 Å². The lowest BCUT2D eigenvalue weighted by Crippen LogP contribution is -2.37.